The highest BCUT2D eigenvalue weighted by Crippen LogP contribution is 2.38. The van der Waals surface area contributed by atoms with Crippen LogP contribution in [0.4, 0.5) is 5.69 Å². The molecule has 0 spiro atoms. The summed E-state index contributed by atoms with van der Waals surface area (Å²) in [6, 6.07) is 13.6. The third-order valence-electron chi connectivity index (χ3n) is 5.27. The maximum absolute atomic E-state index is 13.4. The quantitative estimate of drug-likeness (QED) is 0.600. The number of anilines is 1. The molecule has 2 aromatic carbocycles. The Morgan fingerprint density at radius 1 is 1.16 bits per heavy atom. The van der Waals surface area contributed by atoms with E-state index in [0.717, 1.165) is 40.4 Å². The van der Waals surface area contributed by atoms with Crippen molar-refractivity contribution in [3.63, 3.8) is 0 Å². The molecule has 31 heavy (non-hydrogen) atoms. The average molecular weight is 438 g/mol. The number of fused-ring (bicyclic) bond motifs is 1. The monoisotopic (exact) mass is 437 g/mol. The maximum atomic E-state index is 13.4. The van der Waals surface area contributed by atoms with Gasteiger partial charge in [-0.25, -0.2) is 4.68 Å². The Hall–Kier alpha value is -3.00. The largest absolute Gasteiger partial charge is 0.494 e. The van der Waals surface area contributed by atoms with E-state index in [4.69, 9.17) is 4.74 Å². The normalized spacial score (nSPS) is 17.5. The van der Waals surface area contributed by atoms with Gasteiger partial charge in [-0.1, -0.05) is 48.5 Å². The molecule has 0 saturated carbocycles. The number of ether oxygens (including phenoxy) is 1. The summed E-state index contributed by atoms with van der Waals surface area (Å²) in [5.41, 5.74) is 7.50. The summed E-state index contributed by atoms with van der Waals surface area (Å²) in [4.78, 5) is 13.4. The van der Waals surface area contributed by atoms with Crippen molar-refractivity contribution in [2.75, 3.05) is 17.3 Å². The number of nitrogens with one attached hydrogen (secondary N) is 2. The molecular formula is C23H27N5O2S. The van der Waals surface area contributed by atoms with Crippen LogP contribution < -0.4 is 15.5 Å². The lowest BCUT2D eigenvalue weighted by atomic mass is 10.0. The third kappa shape index (κ3) is 4.39. The van der Waals surface area contributed by atoms with Crippen LogP contribution in [-0.2, 0) is 11.2 Å². The zero-order valence-electron chi connectivity index (χ0n) is 18.2. The molecule has 4 rings (SSSR count). The first kappa shape index (κ1) is 21.2. The van der Waals surface area contributed by atoms with Crippen LogP contribution in [0.5, 0.6) is 5.75 Å². The number of hydrogen-bond donors (Lipinski definition) is 2. The lowest BCUT2D eigenvalue weighted by Gasteiger charge is -2.33. The number of aryl methyl sites for hydroxylation is 3. The summed E-state index contributed by atoms with van der Waals surface area (Å²) in [6.07, 6.45) is 0.746. The van der Waals surface area contributed by atoms with E-state index in [0.29, 0.717) is 11.8 Å². The number of amides is 1. The molecule has 0 bridgehead atoms. The van der Waals surface area contributed by atoms with Crippen LogP contribution >= 0.6 is 11.8 Å². The first-order valence-electron chi connectivity index (χ1n) is 10.5. The number of hydrogen-bond acceptors (Lipinski definition) is 6. The molecule has 1 amide bonds. The number of benzene rings is 2. The fraction of sp³-hybridized carbons (Fsp3) is 0.348. The van der Waals surface area contributed by atoms with Gasteiger partial charge in [-0.05, 0) is 50.1 Å². The van der Waals surface area contributed by atoms with Gasteiger partial charge in [0, 0.05) is 12.1 Å². The van der Waals surface area contributed by atoms with Crippen molar-refractivity contribution in [2.45, 2.75) is 50.6 Å². The number of carbonyl (C=O) groups excluding carboxylic acids is 1. The molecule has 0 saturated heterocycles. The Kier molecular flexibility index (Phi) is 6.18. The van der Waals surface area contributed by atoms with Gasteiger partial charge < -0.3 is 15.5 Å². The lowest BCUT2D eigenvalue weighted by Crippen LogP contribution is -2.41. The van der Waals surface area contributed by atoms with Gasteiger partial charge >= 0.3 is 0 Å². The fourth-order valence-electron chi connectivity index (χ4n) is 3.67. The molecule has 1 aliphatic rings. The van der Waals surface area contributed by atoms with Crippen molar-refractivity contribution in [3.8, 4) is 5.75 Å². The van der Waals surface area contributed by atoms with Crippen molar-refractivity contribution < 1.29 is 9.53 Å². The molecule has 2 N–H and O–H groups in total. The second-order valence-electron chi connectivity index (χ2n) is 7.54. The number of nitrogens with zero attached hydrogens (tertiary/aromatic N) is 3. The van der Waals surface area contributed by atoms with E-state index in [-0.39, 0.29) is 11.9 Å². The molecule has 1 aliphatic heterocycles. The van der Waals surface area contributed by atoms with Crippen molar-refractivity contribution in [1.82, 2.24) is 14.9 Å². The zero-order chi connectivity index (χ0) is 22.0. The lowest BCUT2D eigenvalue weighted by molar-refractivity contribution is -0.116. The van der Waals surface area contributed by atoms with Gasteiger partial charge in [0.15, 0.2) is 5.82 Å². The van der Waals surface area contributed by atoms with E-state index in [2.05, 4.69) is 27.0 Å². The minimum absolute atomic E-state index is 0.0735. The van der Waals surface area contributed by atoms with Crippen LogP contribution in [0.3, 0.4) is 0 Å². The topological polar surface area (TPSA) is 81.1 Å². The summed E-state index contributed by atoms with van der Waals surface area (Å²) in [5.74, 6) is 1.58. The first-order valence-corrected chi connectivity index (χ1v) is 11.4. The highest BCUT2D eigenvalue weighted by atomic mass is 32.2. The predicted octanol–water partition coefficient (Wildman–Crippen LogP) is 4.25. The molecule has 162 valence electrons. The zero-order valence-corrected chi connectivity index (χ0v) is 19.0. The van der Waals surface area contributed by atoms with Gasteiger partial charge in [0.2, 0.25) is 11.1 Å². The second kappa shape index (κ2) is 9.01. The van der Waals surface area contributed by atoms with Crippen LogP contribution in [0, 0.1) is 13.8 Å². The van der Waals surface area contributed by atoms with E-state index >= 15 is 0 Å². The van der Waals surface area contributed by atoms with Crippen molar-refractivity contribution in [3.05, 3.63) is 65.0 Å². The Balaban J connectivity index is 1.65. The summed E-state index contributed by atoms with van der Waals surface area (Å²) < 4.78 is 7.47. The number of aromatic nitrogens is 3. The molecule has 2 heterocycles. The summed E-state index contributed by atoms with van der Waals surface area (Å²) in [7, 11) is 0. The molecule has 3 aromatic rings. The van der Waals surface area contributed by atoms with Crippen molar-refractivity contribution >= 4 is 23.4 Å². The Morgan fingerprint density at radius 3 is 2.61 bits per heavy atom. The number of thioether (sulfide) groups is 1. The van der Waals surface area contributed by atoms with Crippen LogP contribution in [0.2, 0.25) is 0 Å². The number of rotatable bonds is 6. The van der Waals surface area contributed by atoms with E-state index in [1.807, 2.05) is 68.8 Å². The molecule has 8 heteroatoms. The highest BCUT2D eigenvalue weighted by Gasteiger charge is 2.37. The van der Waals surface area contributed by atoms with Gasteiger partial charge in [-0.15, -0.1) is 10.2 Å². The van der Waals surface area contributed by atoms with Gasteiger partial charge in [-0.2, -0.15) is 0 Å². The molecule has 0 radical (unpaired) electrons. The van der Waals surface area contributed by atoms with Gasteiger partial charge in [-0.3, -0.25) is 4.79 Å². The molecule has 0 fully saturated rings. The molecule has 0 aliphatic carbocycles. The van der Waals surface area contributed by atoms with Crippen LogP contribution in [0.1, 0.15) is 42.4 Å². The summed E-state index contributed by atoms with van der Waals surface area (Å²) in [5, 5.41) is 11.9. The second-order valence-corrected chi connectivity index (χ2v) is 8.65. The standard InChI is InChI=1S/C23H27N5O2S/c1-5-19-25-26-23-28(19)27-20(16-8-10-17(11-9-16)30-6-2)21(31-23)22(29)24-18-12-7-14(3)13-15(18)4/h7-13,20-21,27H,5-6H2,1-4H3,(H,24,29). The smallest absolute Gasteiger partial charge is 0.240 e. The molecule has 1 aromatic heterocycles. The van der Waals surface area contributed by atoms with Crippen LogP contribution in [0.25, 0.3) is 0 Å². The fourth-order valence-corrected chi connectivity index (χ4v) is 4.77. The molecule has 7 nitrogen and oxygen atoms in total. The first-order chi connectivity index (χ1) is 15.0. The van der Waals surface area contributed by atoms with Crippen molar-refractivity contribution in [2.24, 2.45) is 0 Å². The average Bonchev–Trinajstić information content (AvgIpc) is 3.17. The Labute approximate surface area is 186 Å². The minimum Gasteiger partial charge on any atom is -0.494 e. The predicted molar refractivity (Wildman–Crippen MR) is 123 cm³/mol. The summed E-state index contributed by atoms with van der Waals surface area (Å²) >= 11 is 1.43. The Bertz CT molecular complexity index is 1080. The van der Waals surface area contributed by atoms with Crippen LogP contribution in [0.15, 0.2) is 47.6 Å². The highest BCUT2D eigenvalue weighted by molar-refractivity contribution is 8.00. The van der Waals surface area contributed by atoms with Gasteiger partial charge in [0.05, 0.1) is 12.6 Å². The maximum Gasteiger partial charge on any atom is 0.240 e. The van der Waals surface area contributed by atoms with Gasteiger partial charge in [0.25, 0.3) is 0 Å². The SMILES string of the molecule is CCOc1ccc(C2Nn3c(CC)nnc3SC2C(=O)Nc2ccc(C)cc2C)cc1. The van der Waals surface area contributed by atoms with Crippen LogP contribution in [-0.4, -0.2) is 32.6 Å². The minimum atomic E-state index is -0.417. The Morgan fingerprint density at radius 2 is 1.94 bits per heavy atom. The molecule has 2 unspecified atom stereocenters. The molecule has 2 atom stereocenters. The van der Waals surface area contributed by atoms with E-state index in [9.17, 15) is 4.79 Å². The number of carbonyl (C=O) groups is 1. The summed E-state index contributed by atoms with van der Waals surface area (Å²) in [6.45, 7) is 8.65. The molecular weight excluding hydrogens is 410 g/mol. The van der Waals surface area contributed by atoms with E-state index < -0.39 is 5.25 Å². The van der Waals surface area contributed by atoms with E-state index in [1.54, 1.807) is 0 Å². The van der Waals surface area contributed by atoms with E-state index in [1.165, 1.54) is 11.8 Å². The third-order valence-corrected chi connectivity index (χ3v) is 6.48. The van der Waals surface area contributed by atoms with Gasteiger partial charge in [0.1, 0.15) is 11.0 Å². The van der Waals surface area contributed by atoms with Crippen molar-refractivity contribution in [1.29, 1.82) is 0 Å².